The lowest BCUT2D eigenvalue weighted by atomic mass is 9.77. The molecule has 2 aromatic carbocycles. The minimum absolute atomic E-state index is 0.00994. The number of carbonyl (C=O) groups excluding carboxylic acids is 2. The third-order valence-electron chi connectivity index (χ3n) is 7.49. The molecule has 0 bridgehead atoms. The van der Waals surface area contributed by atoms with E-state index in [4.69, 9.17) is 9.47 Å². The first-order valence-corrected chi connectivity index (χ1v) is 13.7. The largest absolute Gasteiger partial charge is 0.493 e. The van der Waals surface area contributed by atoms with Crippen molar-refractivity contribution in [3.8, 4) is 11.5 Å². The van der Waals surface area contributed by atoms with Gasteiger partial charge in [0.15, 0.2) is 11.5 Å². The second-order valence-electron chi connectivity index (χ2n) is 10.2. The summed E-state index contributed by atoms with van der Waals surface area (Å²) in [6.45, 7) is 3.27. The number of unbranched alkanes of at least 4 members (excludes halogenated alkanes) is 2. The topological polar surface area (TPSA) is 129 Å². The maximum absolute atomic E-state index is 13.6. The number of benzene rings is 2. The Labute approximate surface area is 238 Å². The summed E-state index contributed by atoms with van der Waals surface area (Å²) in [5, 5.41) is 33.6. The number of ether oxygens (including phenoxy) is 2. The van der Waals surface area contributed by atoms with Crippen molar-refractivity contribution in [2.24, 2.45) is 0 Å². The molecular formula is C31H37FN2O7. The molecule has 2 aliphatic rings. The minimum atomic E-state index is -1.23. The molecule has 41 heavy (non-hydrogen) atoms. The van der Waals surface area contributed by atoms with E-state index in [1.165, 1.54) is 24.1 Å². The summed E-state index contributed by atoms with van der Waals surface area (Å²) in [6.07, 6.45) is 3.55. The van der Waals surface area contributed by atoms with Gasteiger partial charge in [0.2, 0.25) is 11.8 Å². The highest BCUT2D eigenvalue weighted by Crippen LogP contribution is 2.51. The van der Waals surface area contributed by atoms with Crippen LogP contribution < -0.4 is 14.8 Å². The molecule has 1 aliphatic heterocycles. The first-order chi connectivity index (χ1) is 19.8. The number of nitrogens with one attached hydrogen (secondary N) is 1. The summed E-state index contributed by atoms with van der Waals surface area (Å²) in [5.41, 5.74) is 2.04. The van der Waals surface area contributed by atoms with Crippen molar-refractivity contribution >= 4 is 11.8 Å². The molecule has 4 rings (SSSR count). The zero-order valence-electron chi connectivity index (χ0n) is 23.1. The number of amides is 2. The number of hydrogen-bond acceptors (Lipinski definition) is 7. The number of aliphatic hydroxyl groups is 3. The van der Waals surface area contributed by atoms with Gasteiger partial charge in [-0.3, -0.25) is 9.59 Å². The first kappa shape index (κ1) is 30.2. The van der Waals surface area contributed by atoms with Gasteiger partial charge in [-0.25, -0.2) is 4.39 Å². The van der Waals surface area contributed by atoms with E-state index >= 15 is 0 Å². The Morgan fingerprint density at radius 3 is 2.59 bits per heavy atom. The molecule has 0 fully saturated rings. The predicted molar refractivity (Wildman–Crippen MR) is 150 cm³/mol. The molecule has 0 radical (unpaired) electrons. The SMILES string of the molecule is C=CCCCCC(=O)N(Cc1ccc(F)cc1)C1C=C(C(=O)NCCO)C2c3cc(CO)cc(OC)c3OC2C1O. The van der Waals surface area contributed by atoms with Gasteiger partial charge in [-0.05, 0) is 60.7 Å². The summed E-state index contributed by atoms with van der Waals surface area (Å²) in [4.78, 5) is 28.6. The van der Waals surface area contributed by atoms with Crippen LogP contribution in [0.3, 0.4) is 0 Å². The molecule has 220 valence electrons. The Morgan fingerprint density at radius 1 is 1.17 bits per heavy atom. The molecule has 9 nitrogen and oxygen atoms in total. The molecule has 1 heterocycles. The second kappa shape index (κ2) is 13.8. The number of rotatable bonds is 13. The van der Waals surface area contributed by atoms with Crippen molar-refractivity contribution in [3.05, 3.63) is 83.2 Å². The second-order valence-corrected chi connectivity index (χ2v) is 10.2. The molecule has 4 N–H and O–H groups in total. The zero-order valence-corrected chi connectivity index (χ0v) is 23.1. The summed E-state index contributed by atoms with van der Waals surface area (Å²) >= 11 is 0. The van der Waals surface area contributed by atoms with Crippen LogP contribution in [0, 0.1) is 5.82 Å². The highest BCUT2D eigenvalue weighted by atomic mass is 19.1. The highest BCUT2D eigenvalue weighted by Gasteiger charge is 2.51. The number of hydrogen-bond donors (Lipinski definition) is 4. The fourth-order valence-corrected chi connectivity index (χ4v) is 5.47. The van der Waals surface area contributed by atoms with E-state index in [9.17, 15) is 29.3 Å². The average Bonchev–Trinajstić information content (AvgIpc) is 3.37. The van der Waals surface area contributed by atoms with Gasteiger partial charge in [0.1, 0.15) is 18.0 Å². The van der Waals surface area contributed by atoms with Crippen LogP contribution in [0.4, 0.5) is 4.39 Å². The van der Waals surface area contributed by atoms with Crippen molar-refractivity contribution < 1.29 is 38.8 Å². The molecule has 2 amide bonds. The van der Waals surface area contributed by atoms with Crippen LogP contribution in [0.1, 0.15) is 48.3 Å². The summed E-state index contributed by atoms with van der Waals surface area (Å²) < 4.78 is 25.4. The molecule has 4 atom stereocenters. The van der Waals surface area contributed by atoms with Crippen molar-refractivity contribution in [3.63, 3.8) is 0 Å². The van der Waals surface area contributed by atoms with Crippen LogP contribution in [0.25, 0.3) is 0 Å². The number of methoxy groups -OCH3 is 1. The van der Waals surface area contributed by atoms with Gasteiger partial charge in [-0.1, -0.05) is 18.2 Å². The van der Waals surface area contributed by atoms with Crippen LogP contribution in [0.15, 0.2) is 60.7 Å². The number of carbonyl (C=O) groups is 2. The molecule has 2 aromatic rings. The van der Waals surface area contributed by atoms with Gasteiger partial charge in [-0.2, -0.15) is 0 Å². The van der Waals surface area contributed by atoms with Crippen molar-refractivity contribution in [1.29, 1.82) is 0 Å². The third kappa shape index (κ3) is 6.61. The highest BCUT2D eigenvalue weighted by molar-refractivity contribution is 5.96. The molecular weight excluding hydrogens is 531 g/mol. The van der Waals surface area contributed by atoms with E-state index < -0.39 is 35.9 Å². The van der Waals surface area contributed by atoms with Crippen LogP contribution in [-0.4, -0.2) is 70.5 Å². The van der Waals surface area contributed by atoms with Crippen molar-refractivity contribution in [2.75, 3.05) is 20.3 Å². The standard InChI is InChI=1S/C31H37FN2O7/c1-3-4-5-6-7-26(37)34(17-19-8-10-21(32)11-9-19)24-16-23(31(39)33-12-13-35)27-22-14-20(18-36)15-25(40-2)29(22)41-30(27)28(24)38/h3,8-11,14-16,24,27-28,30,35-36,38H,1,4-7,12-13,17-18H2,2H3,(H,33,39). The average molecular weight is 569 g/mol. The Kier molecular flexibility index (Phi) is 10.1. The lowest BCUT2D eigenvalue weighted by Crippen LogP contribution is -2.55. The lowest BCUT2D eigenvalue weighted by Gasteiger charge is -2.41. The van der Waals surface area contributed by atoms with Gasteiger partial charge < -0.3 is 35.0 Å². The molecule has 10 heteroatoms. The monoisotopic (exact) mass is 568 g/mol. The minimum Gasteiger partial charge on any atom is -0.493 e. The number of nitrogens with zero attached hydrogens (tertiary/aromatic N) is 1. The van der Waals surface area contributed by atoms with E-state index in [2.05, 4.69) is 11.9 Å². The fourth-order valence-electron chi connectivity index (χ4n) is 5.47. The molecule has 1 aliphatic carbocycles. The lowest BCUT2D eigenvalue weighted by molar-refractivity contribution is -0.138. The Morgan fingerprint density at radius 2 is 1.93 bits per heavy atom. The van der Waals surface area contributed by atoms with Gasteiger partial charge >= 0.3 is 0 Å². The maximum atomic E-state index is 13.6. The van der Waals surface area contributed by atoms with Crippen LogP contribution in [0.2, 0.25) is 0 Å². The van der Waals surface area contributed by atoms with Crippen molar-refractivity contribution in [2.45, 2.75) is 63.0 Å². The van der Waals surface area contributed by atoms with Gasteiger partial charge in [0.25, 0.3) is 0 Å². The first-order valence-electron chi connectivity index (χ1n) is 13.7. The van der Waals surface area contributed by atoms with E-state index in [1.54, 1.807) is 36.4 Å². The Balaban J connectivity index is 1.77. The third-order valence-corrected chi connectivity index (χ3v) is 7.49. The number of aliphatic hydroxyl groups excluding tert-OH is 3. The zero-order chi connectivity index (χ0) is 29.5. The number of fused-ring (bicyclic) bond motifs is 3. The van der Waals surface area contributed by atoms with E-state index in [0.717, 1.165) is 12.8 Å². The van der Waals surface area contributed by atoms with Gasteiger partial charge in [-0.15, -0.1) is 6.58 Å². The van der Waals surface area contributed by atoms with Crippen molar-refractivity contribution in [1.82, 2.24) is 10.2 Å². The molecule has 0 spiro atoms. The van der Waals surface area contributed by atoms with Gasteiger partial charge in [0, 0.05) is 30.6 Å². The van der Waals surface area contributed by atoms with Gasteiger partial charge in [0.05, 0.1) is 32.3 Å². The maximum Gasteiger partial charge on any atom is 0.247 e. The van der Waals surface area contributed by atoms with Crippen LogP contribution in [-0.2, 0) is 22.7 Å². The summed E-state index contributed by atoms with van der Waals surface area (Å²) in [5.74, 6) is -1.14. The normalized spacial score (nSPS) is 20.8. The molecule has 0 aromatic heterocycles. The summed E-state index contributed by atoms with van der Waals surface area (Å²) in [7, 11) is 1.46. The number of halogens is 1. The molecule has 4 unspecified atom stereocenters. The summed E-state index contributed by atoms with van der Waals surface area (Å²) in [6, 6.07) is 8.16. The number of allylic oxidation sites excluding steroid dienone is 1. The van der Waals surface area contributed by atoms with E-state index in [0.29, 0.717) is 34.6 Å². The Bertz CT molecular complexity index is 1280. The van der Waals surface area contributed by atoms with Crippen LogP contribution >= 0.6 is 0 Å². The van der Waals surface area contributed by atoms with E-state index in [1.807, 2.05) is 0 Å². The Hall–Kier alpha value is -3.73. The fraction of sp³-hybridized carbons (Fsp3) is 0.419. The molecule has 0 saturated carbocycles. The van der Waals surface area contributed by atoms with E-state index in [-0.39, 0.29) is 44.2 Å². The molecule has 0 saturated heterocycles. The van der Waals surface area contributed by atoms with Crippen LogP contribution in [0.5, 0.6) is 11.5 Å². The quantitative estimate of drug-likeness (QED) is 0.216. The predicted octanol–water partition coefficient (Wildman–Crippen LogP) is 2.72. The smallest absolute Gasteiger partial charge is 0.247 e.